The van der Waals surface area contributed by atoms with E-state index in [0.717, 1.165) is 19.4 Å². The number of anilines is 1. The van der Waals surface area contributed by atoms with Crippen LogP contribution in [-0.2, 0) is 9.53 Å². The Morgan fingerprint density at radius 2 is 2.06 bits per heavy atom. The summed E-state index contributed by atoms with van der Waals surface area (Å²) in [7, 11) is 0. The molecule has 2 heterocycles. The average molecular weight is 245 g/mol. The quantitative estimate of drug-likeness (QED) is 0.767. The van der Waals surface area contributed by atoms with Crippen molar-refractivity contribution in [3.8, 4) is 0 Å². The molecule has 1 aromatic carbocycles. The van der Waals surface area contributed by atoms with Crippen LogP contribution in [0.2, 0.25) is 0 Å². The molecule has 2 fully saturated rings. The Morgan fingerprint density at radius 3 is 2.78 bits per heavy atom. The van der Waals surface area contributed by atoms with E-state index in [-0.39, 0.29) is 11.9 Å². The van der Waals surface area contributed by atoms with Crippen LogP contribution in [0.15, 0.2) is 30.3 Å². The predicted octanol–water partition coefficient (Wildman–Crippen LogP) is 2.61. The van der Waals surface area contributed by atoms with E-state index < -0.39 is 0 Å². The van der Waals surface area contributed by atoms with Gasteiger partial charge in [0, 0.05) is 18.3 Å². The first-order chi connectivity index (χ1) is 8.84. The second-order valence-electron chi connectivity index (χ2n) is 5.21. The molecule has 2 atom stereocenters. The fourth-order valence-corrected chi connectivity index (χ4v) is 3.12. The van der Waals surface area contributed by atoms with Crippen LogP contribution in [0.4, 0.5) is 5.69 Å². The molecule has 0 amide bonds. The van der Waals surface area contributed by atoms with Crippen molar-refractivity contribution in [3.05, 3.63) is 30.3 Å². The molecule has 2 aliphatic heterocycles. The summed E-state index contributed by atoms with van der Waals surface area (Å²) in [6.45, 7) is 1.72. The maximum absolute atomic E-state index is 11.6. The summed E-state index contributed by atoms with van der Waals surface area (Å²) in [5.41, 5.74) is 1.28. The van der Waals surface area contributed by atoms with E-state index >= 15 is 0 Å². The SMILES string of the molecule is O=C1OCCC1CC1CCCN1c1ccccc1. The molecule has 2 saturated heterocycles. The highest BCUT2D eigenvalue weighted by molar-refractivity contribution is 5.74. The Balaban J connectivity index is 1.70. The minimum absolute atomic E-state index is 0.00918. The fourth-order valence-electron chi connectivity index (χ4n) is 3.12. The number of nitrogens with zero attached hydrogens (tertiary/aromatic N) is 1. The Kier molecular flexibility index (Phi) is 3.22. The van der Waals surface area contributed by atoms with Crippen LogP contribution in [0.1, 0.15) is 25.7 Å². The van der Waals surface area contributed by atoms with E-state index in [1.807, 2.05) is 6.07 Å². The molecule has 0 aliphatic carbocycles. The lowest BCUT2D eigenvalue weighted by atomic mass is 9.97. The van der Waals surface area contributed by atoms with Crippen molar-refractivity contribution in [3.63, 3.8) is 0 Å². The molecule has 3 nitrogen and oxygen atoms in total. The molecule has 0 bridgehead atoms. The van der Waals surface area contributed by atoms with Gasteiger partial charge in [-0.05, 0) is 37.8 Å². The standard InChI is InChI=1S/C15H19NO2/c17-15-12(8-10-18-15)11-14-7-4-9-16(14)13-5-2-1-3-6-13/h1-3,5-6,12,14H,4,7-11H2. The molecule has 0 N–H and O–H groups in total. The molecular formula is C15H19NO2. The van der Waals surface area contributed by atoms with Crippen molar-refractivity contribution in [2.45, 2.75) is 31.7 Å². The highest BCUT2D eigenvalue weighted by atomic mass is 16.5. The molecule has 0 radical (unpaired) electrons. The van der Waals surface area contributed by atoms with Gasteiger partial charge in [-0.2, -0.15) is 0 Å². The summed E-state index contributed by atoms with van der Waals surface area (Å²) in [4.78, 5) is 14.0. The van der Waals surface area contributed by atoms with Crippen molar-refractivity contribution >= 4 is 11.7 Å². The van der Waals surface area contributed by atoms with Crippen molar-refractivity contribution in [1.29, 1.82) is 0 Å². The number of carbonyl (C=O) groups excluding carboxylic acids is 1. The maximum Gasteiger partial charge on any atom is 0.309 e. The van der Waals surface area contributed by atoms with E-state index in [1.54, 1.807) is 0 Å². The number of ether oxygens (including phenoxy) is 1. The van der Waals surface area contributed by atoms with Gasteiger partial charge in [-0.1, -0.05) is 18.2 Å². The molecule has 0 saturated carbocycles. The first-order valence-corrected chi connectivity index (χ1v) is 6.83. The van der Waals surface area contributed by atoms with Gasteiger partial charge in [0.2, 0.25) is 0 Å². The van der Waals surface area contributed by atoms with Gasteiger partial charge in [-0.3, -0.25) is 4.79 Å². The minimum atomic E-state index is 0.00918. The van der Waals surface area contributed by atoms with E-state index in [4.69, 9.17) is 4.74 Å². The average Bonchev–Trinajstić information content (AvgIpc) is 3.01. The smallest absolute Gasteiger partial charge is 0.309 e. The number of para-hydroxylation sites is 1. The molecule has 2 aliphatic rings. The summed E-state index contributed by atoms with van der Waals surface area (Å²) < 4.78 is 5.06. The van der Waals surface area contributed by atoms with Crippen LogP contribution in [0.3, 0.4) is 0 Å². The maximum atomic E-state index is 11.6. The van der Waals surface area contributed by atoms with Crippen molar-refractivity contribution < 1.29 is 9.53 Å². The largest absolute Gasteiger partial charge is 0.465 e. The van der Waals surface area contributed by atoms with Gasteiger partial charge in [0.05, 0.1) is 12.5 Å². The summed E-state index contributed by atoms with van der Waals surface area (Å²) in [5, 5.41) is 0. The topological polar surface area (TPSA) is 29.5 Å². The van der Waals surface area contributed by atoms with Crippen LogP contribution >= 0.6 is 0 Å². The number of esters is 1. The highest BCUT2D eigenvalue weighted by Gasteiger charge is 2.33. The summed E-state index contributed by atoms with van der Waals surface area (Å²) in [6.07, 6.45) is 4.27. The summed E-state index contributed by atoms with van der Waals surface area (Å²) in [5.74, 6) is 0.134. The number of rotatable bonds is 3. The monoisotopic (exact) mass is 245 g/mol. The van der Waals surface area contributed by atoms with E-state index in [9.17, 15) is 4.79 Å². The Labute approximate surface area is 108 Å². The Morgan fingerprint density at radius 1 is 1.22 bits per heavy atom. The van der Waals surface area contributed by atoms with Gasteiger partial charge in [0.15, 0.2) is 0 Å². The first-order valence-electron chi connectivity index (χ1n) is 6.83. The van der Waals surface area contributed by atoms with Crippen molar-refractivity contribution in [2.24, 2.45) is 5.92 Å². The summed E-state index contributed by atoms with van der Waals surface area (Å²) in [6, 6.07) is 11.0. The van der Waals surface area contributed by atoms with E-state index in [0.29, 0.717) is 12.6 Å². The molecule has 96 valence electrons. The van der Waals surface area contributed by atoms with Gasteiger partial charge in [0.25, 0.3) is 0 Å². The molecule has 3 heteroatoms. The molecule has 2 unspecified atom stereocenters. The van der Waals surface area contributed by atoms with Crippen LogP contribution in [0.5, 0.6) is 0 Å². The van der Waals surface area contributed by atoms with Crippen LogP contribution in [0, 0.1) is 5.92 Å². The molecule has 3 rings (SSSR count). The molecular weight excluding hydrogens is 226 g/mol. The third-order valence-corrected chi connectivity index (χ3v) is 4.07. The second-order valence-corrected chi connectivity index (χ2v) is 5.21. The zero-order valence-electron chi connectivity index (χ0n) is 10.5. The zero-order chi connectivity index (χ0) is 12.4. The number of carbonyl (C=O) groups is 1. The number of benzene rings is 1. The van der Waals surface area contributed by atoms with Gasteiger partial charge in [-0.25, -0.2) is 0 Å². The molecule has 18 heavy (non-hydrogen) atoms. The fraction of sp³-hybridized carbons (Fsp3) is 0.533. The predicted molar refractivity (Wildman–Crippen MR) is 70.5 cm³/mol. The van der Waals surface area contributed by atoms with Crippen LogP contribution in [0.25, 0.3) is 0 Å². The van der Waals surface area contributed by atoms with Gasteiger partial charge < -0.3 is 9.64 Å². The third-order valence-electron chi connectivity index (χ3n) is 4.07. The number of cyclic esters (lactones) is 1. The number of hydrogen-bond donors (Lipinski definition) is 0. The molecule has 0 aromatic heterocycles. The van der Waals surface area contributed by atoms with Crippen LogP contribution < -0.4 is 4.90 Å². The lowest BCUT2D eigenvalue weighted by Crippen LogP contribution is -2.31. The Hall–Kier alpha value is -1.51. The highest BCUT2D eigenvalue weighted by Crippen LogP contribution is 2.31. The van der Waals surface area contributed by atoms with Crippen molar-refractivity contribution in [1.82, 2.24) is 0 Å². The lowest BCUT2D eigenvalue weighted by Gasteiger charge is -2.28. The number of hydrogen-bond acceptors (Lipinski definition) is 3. The second kappa shape index (κ2) is 5.01. The Bertz CT molecular complexity index is 418. The van der Waals surface area contributed by atoms with Gasteiger partial charge in [-0.15, -0.1) is 0 Å². The van der Waals surface area contributed by atoms with E-state index in [2.05, 4.69) is 29.2 Å². The normalized spacial score (nSPS) is 27.6. The van der Waals surface area contributed by atoms with Gasteiger partial charge >= 0.3 is 5.97 Å². The lowest BCUT2D eigenvalue weighted by molar-refractivity contribution is -0.141. The summed E-state index contributed by atoms with van der Waals surface area (Å²) >= 11 is 0. The van der Waals surface area contributed by atoms with Crippen molar-refractivity contribution in [2.75, 3.05) is 18.1 Å². The third kappa shape index (κ3) is 2.22. The van der Waals surface area contributed by atoms with Crippen LogP contribution in [-0.4, -0.2) is 25.2 Å². The molecule has 1 aromatic rings. The molecule has 0 spiro atoms. The first kappa shape index (κ1) is 11.6. The van der Waals surface area contributed by atoms with Gasteiger partial charge in [0.1, 0.15) is 0 Å². The minimum Gasteiger partial charge on any atom is -0.465 e. The zero-order valence-corrected chi connectivity index (χ0v) is 10.5. The van der Waals surface area contributed by atoms with E-state index in [1.165, 1.54) is 18.5 Å².